The fraction of sp³-hybridized carbons (Fsp3) is 0.500. The van der Waals surface area contributed by atoms with Gasteiger partial charge in [0.15, 0.2) is 0 Å². The van der Waals surface area contributed by atoms with Gasteiger partial charge in [0.25, 0.3) is 0 Å². The van der Waals surface area contributed by atoms with Gasteiger partial charge in [0.05, 0.1) is 26.2 Å². The van der Waals surface area contributed by atoms with Gasteiger partial charge in [-0.05, 0) is 55.5 Å². The zero-order valence-electron chi connectivity index (χ0n) is 20.6. The van der Waals surface area contributed by atoms with Crippen LogP contribution in [0.1, 0.15) is 37.7 Å². The maximum atomic E-state index is 13.6. The molecule has 4 rings (SSSR count). The monoisotopic (exact) mass is 480 g/mol. The van der Waals surface area contributed by atoms with Crippen LogP contribution in [0.15, 0.2) is 54.6 Å². The first-order chi connectivity index (χ1) is 17.1. The molecule has 188 valence electrons. The average molecular weight is 481 g/mol. The molecule has 0 bridgehead atoms. The first-order valence-corrected chi connectivity index (χ1v) is 12.6. The minimum atomic E-state index is -0.0772. The SMILES string of the molecule is COc1cccc(CN(CC2CCCO2)C(=O)C2CCN(C(=O)CCOc3ccccc3)CC2)c1. The smallest absolute Gasteiger partial charge is 0.226 e. The van der Waals surface area contributed by atoms with Gasteiger partial charge in [-0.2, -0.15) is 0 Å². The molecular weight excluding hydrogens is 444 g/mol. The number of hydrogen-bond acceptors (Lipinski definition) is 5. The Kier molecular flexibility index (Phi) is 9.01. The third kappa shape index (κ3) is 7.21. The number of ether oxygens (including phenoxy) is 3. The van der Waals surface area contributed by atoms with Crippen molar-refractivity contribution in [1.82, 2.24) is 9.80 Å². The first kappa shape index (κ1) is 25.0. The molecule has 2 aromatic rings. The Morgan fingerprint density at radius 2 is 1.80 bits per heavy atom. The second kappa shape index (κ2) is 12.6. The largest absolute Gasteiger partial charge is 0.497 e. The number of amides is 2. The normalized spacial score (nSPS) is 18.3. The lowest BCUT2D eigenvalue weighted by Crippen LogP contribution is -2.46. The van der Waals surface area contributed by atoms with Crippen LogP contribution in [-0.4, -0.2) is 67.7 Å². The molecule has 2 aromatic carbocycles. The molecule has 0 aromatic heterocycles. The van der Waals surface area contributed by atoms with Crippen LogP contribution in [-0.2, 0) is 20.9 Å². The third-order valence-corrected chi connectivity index (χ3v) is 6.79. The summed E-state index contributed by atoms with van der Waals surface area (Å²) >= 11 is 0. The summed E-state index contributed by atoms with van der Waals surface area (Å²) in [4.78, 5) is 30.0. The summed E-state index contributed by atoms with van der Waals surface area (Å²) in [5.74, 6) is 1.72. The lowest BCUT2D eigenvalue weighted by molar-refractivity contribution is -0.142. The van der Waals surface area contributed by atoms with E-state index in [0.29, 0.717) is 52.0 Å². The third-order valence-electron chi connectivity index (χ3n) is 6.79. The van der Waals surface area contributed by atoms with Gasteiger partial charge in [0.2, 0.25) is 11.8 Å². The fourth-order valence-corrected chi connectivity index (χ4v) is 4.82. The van der Waals surface area contributed by atoms with Crippen LogP contribution in [0.2, 0.25) is 0 Å². The molecule has 0 spiro atoms. The molecule has 2 saturated heterocycles. The van der Waals surface area contributed by atoms with Crippen molar-refractivity contribution in [2.24, 2.45) is 5.92 Å². The minimum absolute atomic E-state index is 0.0772. The molecular formula is C28H36N2O5. The summed E-state index contributed by atoms with van der Waals surface area (Å²) in [6, 6.07) is 17.4. The van der Waals surface area contributed by atoms with E-state index in [1.165, 1.54) is 0 Å². The number of piperidine rings is 1. The Balaban J connectivity index is 1.29. The van der Waals surface area contributed by atoms with E-state index in [0.717, 1.165) is 36.5 Å². The van der Waals surface area contributed by atoms with E-state index in [9.17, 15) is 9.59 Å². The van der Waals surface area contributed by atoms with Crippen molar-refractivity contribution in [3.8, 4) is 11.5 Å². The number of para-hydroxylation sites is 1. The van der Waals surface area contributed by atoms with Crippen molar-refractivity contribution in [1.29, 1.82) is 0 Å². The summed E-state index contributed by atoms with van der Waals surface area (Å²) in [6.45, 7) is 3.47. The Bertz CT molecular complexity index is 953. The highest BCUT2D eigenvalue weighted by Gasteiger charge is 2.32. The van der Waals surface area contributed by atoms with Crippen molar-refractivity contribution < 1.29 is 23.8 Å². The Morgan fingerprint density at radius 3 is 2.51 bits per heavy atom. The predicted octanol–water partition coefficient (Wildman–Crippen LogP) is 3.91. The Labute approximate surface area is 207 Å². The van der Waals surface area contributed by atoms with E-state index in [1.807, 2.05) is 64.4 Å². The van der Waals surface area contributed by atoms with Crippen molar-refractivity contribution in [2.75, 3.05) is 40.0 Å². The van der Waals surface area contributed by atoms with Gasteiger partial charge in [-0.3, -0.25) is 9.59 Å². The van der Waals surface area contributed by atoms with Gasteiger partial charge in [-0.1, -0.05) is 30.3 Å². The molecule has 2 amide bonds. The maximum absolute atomic E-state index is 13.6. The van der Waals surface area contributed by atoms with E-state index >= 15 is 0 Å². The Hall–Kier alpha value is -3.06. The molecule has 2 heterocycles. The Morgan fingerprint density at radius 1 is 1.03 bits per heavy atom. The van der Waals surface area contributed by atoms with Gasteiger partial charge >= 0.3 is 0 Å². The maximum Gasteiger partial charge on any atom is 0.226 e. The lowest BCUT2D eigenvalue weighted by atomic mass is 9.94. The number of hydrogen-bond donors (Lipinski definition) is 0. The molecule has 0 radical (unpaired) electrons. The van der Waals surface area contributed by atoms with E-state index in [4.69, 9.17) is 14.2 Å². The number of likely N-dealkylation sites (tertiary alicyclic amines) is 1. The van der Waals surface area contributed by atoms with Gasteiger partial charge in [-0.25, -0.2) is 0 Å². The quantitative estimate of drug-likeness (QED) is 0.516. The lowest BCUT2D eigenvalue weighted by Gasteiger charge is -2.35. The van der Waals surface area contributed by atoms with E-state index in [-0.39, 0.29) is 23.8 Å². The highest BCUT2D eigenvalue weighted by molar-refractivity contribution is 5.80. The van der Waals surface area contributed by atoms with Gasteiger partial charge < -0.3 is 24.0 Å². The molecule has 1 atom stereocenters. The van der Waals surface area contributed by atoms with Gasteiger partial charge in [0, 0.05) is 38.7 Å². The molecule has 0 aliphatic carbocycles. The standard InChI is InChI=1S/C28H36N2O5/c1-33-25-10-5-7-22(19-25)20-30(21-26-11-6-17-34-26)28(32)23-12-15-29(16-13-23)27(31)14-18-35-24-8-3-2-4-9-24/h2-5,7-10,19,23,26H,6,11-18,20-21H2,1H3. The number of benzene rings is 2. The van der Waals surface area contributed by atoms with Gasteiger partial charge in [-0.15, -0.1) is 0 Å². The highest BCUT2D eigenvalue weighted by atomic mass is 16.5. The molecule has 2 aliphatic rings. The van der Waals surface area contributed by atoms with Crippen LogP contribution >= 0.6 is 0 Å². The summed E-state index contributed by atoms with van der Waals surface area (Å²) < 4.78 is 16.9. The van der Waals surface area contributed by atoms with Crippen molar-refractivity contribution in [3.63, 3.8) is 0 Å². The molecule has 2 fully saturated rings. The zero-order valence-corrected chi connectivity index (χ0v) is 20.6. The average Bonchev–Trinajstić information content (AvgIpc) is 3.42. The number of carbonyl (C=O) groups excluding carboxylic acids is 2. The molecule has 0 saturated carbocycles. The van der Waals surface area contributed by atoms with E-state index in [1.54, 1.807) is 7.11 Å². The summed E-state index contributed by atoms with van der Waals surface area (Å²) in [5.41, 5.74) is 1.04. The topological polar surface area (TPSA) is 68.3 Å². The molecule has 35 heavy (non-hydrogen) atoms. The predicted molar refractivity (Wildman–Crippen MR) is 133 cm³/mol. The van der Waals surface area contributed by atoms with E-state index in [2.05, 4.69) is 0 Å². The summed E-state index contributed by atoms with van der Waals surface area (Å²) in [5, 5.41) is 0. The van der Waals surface area contributed by atoms with Gasteiger partial charge in [0.1, 0.15) is 11.5 Å². The van der Waals surface area contributed by atoms with Crippen LogP contribution in [0.5, 0.6) is 11.5 Å². The summed E-state index contributed by atoms with van der Waals surface area (Å²) in [7, 11) is 1.65. The molecule has 7 heteroatoms. The van der Waals surface area contributed by atoms with Crippen LogP contribution in [0.3, 0.4) is 0 Å². The first-order valence-electron chi connectivity index (χ1n) is 12.6. The van der Waals surface area contributed by atoms with Crippen LogP contribution < -0.4 is 9.47 Å². The molecule has 0 N–H and O–H groups in total. The number of methoxy groups -OCH3 is 1. The molecule has 2 aliphatic heterocycles. The zero-order chi connectivity index (χ0) is 24.5. The minimum Gasteiger partial charge on any atom is -0.497 e. The van der Waals surface area contributed by atoms with Crippen molar-refractivity contribution in [3.05, 3.63) is 60.2 Å². The second-order valence-corrected chi connectivity index (χ2v) is 9.27. The van der Waals surface area contributed by atoms with Crippen LogP contribution in [0, 0.1) is 5.92 Å². The summed E-state index contributed by atoms with van der Waals surface area (Å²) in [6.07, 6.45) is 3.83. The number of rotatable bonds is 10. The van der Waals surface area contributed by atoms with Crippen molar-refractivity contribution >= 4 is 11.8 Å². The number of carbonyl (C=O) groups is 2. The number of nitrogens with zero attached hydrogens (tertiary/aromatic N) is 2. The second-order valence-electron chi connectivity index (χ2n) is 9.27. The molecule has 1 unspecified atom stereocenters. The molecule has 7 nitrogen and oxygen atoms in total. The van der Waals surface area contributed by atoms with Crippen LogP contribution in [0.25, 0.3) is 0 Å². The van der Waals surface area contributed by atoms with E-state index < -0.39 is 0 Å². The van der Waals surface area contributed by atoms with Crippen molar-refractivity contribution in [2.45, 2.75) is 44.8 Å². The van der Waals surface area contributed by atoms with Crippen LogP contribution in [0.4, 0.5) is 0 Å². The highest BCUT2D eigenvalue weighted by Crippen LogP contribution is 2.24. The fourth-order valence-electron chi connectivity index (χ4n) is 4.82.